The minimum Gasteiger partial charge on any atom is -0.488 e. The standard InChI is InChI=1S/C27H35N3O3/c1-4-20-16-22(10-11-23(20)25(31)19(2)3)30-14-15-33-24-17-21(18-28-26(24)30)27(32)29-12-8-6-5-7-9-13-29/h10-11,16-19H,4-9,12-15H2,1-3H3. The summed E-state index contributed by atoms with van der Waals surface area (Å²) in [5, 5.41) is 0. The number of pyridine rings is 1. The van der Waals surface area contributed by atoms with Crippen molar-refractivity contribution in [3.05, 3.63) is 47.2 Å². The van der Waals surface area contributed by atoms with Gasteiger partial charge in [-0.05, 0) is 49.1 Å². The van der Waals surface area contributed by atoms with Gasteiger partial charge in [-0.1, -0.05) is 40.0 Å². The molecule has 176 valence electrons. The summed E-state index contributed by atoms with van der Waals surface area (Å²) in [7, 11) is 0. The van der Waals surface area contributed by atoms with Crippen molar-refractivity contribution in [2.75, 3.05) is 31.1 Å². The number of hydrogen-bond acceptors (Lipinski definition) is 5. The Bertz CT molecular complexity index is 1010. The summed E-state index contributed by atoms with van der Waals surface area (Å²) in [5.74, 6) is 1.54. The molecule has 1 aromatic heterocycles. The molecule has 33 heavy (non-hydrogen) atoms. The summed E-state index contributed by atoms with van der Waals surface area (Å²) >= 11 is 0. The molecule has 2 aromatic rings. The molecule has 0 saturated carbocycles. The van der Waals surface area contributed by atoms with Gasteiger partial charge in [0.2, 0.25) is 0 Å². The molecule has 1 amide bonds. The highest BCUT2D eigenvalue weighted by Gasteiger charge is 2.25. The second-order valence-corrected chi connectivity index (χ2v) is 9.32. The van der Waals surface area contributed by atoms with Crippen LogP contribution in [0.3, 0.4) is 0 Å². The Labute approximate surface area is 196 Å². The number of amides is 1. The van der Waals surface area contributed by atoms with E-state index in [2.05, 4.69) is 22.9 Å². The summed E-state index contributed by atoms with van der Waals surface area (Å²) in [6.07, 6.45) is 8.22. The van der Waals surface area contributed by atoms with Crippen LogP contribution in [0.1, 0.15) is 79.2 Å². The van der Waals surface area contributed by atoms with Crippen molar-refractivity contribution in [1.82, 2.24) is 9.88 Å². The van der Waals surface area contributed by atoms with Crippen LogP contribution in [0.4, 0.5) is 11.5 Å². The average molecular weight is 450 g/mol. The Morgan fingerprint density at radius 3 is 2.45 bits per heavy atom. The summed E-state index contributed by atoms with van der Waals surface area (Å²) in [4.78, 5) is 34.5. The molecule has 1 aromatic carbocycles. The van der Waals surface area contributed by atoms with E-state index in [4.69, 9.17) is 4.74 Å². The number of anilines is 2. The number of benzene rings is 1. The van der Waals surface area contributed by atoms with Crippen molar-refractivity contribution in [3.8, 4) is 5.75 Å². The number of rotatable bonds is 5. The Hall–Kier alpha value is -2.89. The van der Waals surface area contributed by atoms with E-state index in [0.29, 0.717) is 24.5 Å². The van der Waals surface area contributed by atoms with Crippen molar-refractivity contribution < 1.29 is 14.3 Å². The van der Waals surface area contributed by atoms with Crippen LogP contribution in [0, 0.1) is 5.92 Å². The van der Waals surface area contributed by atoms with E-state index in [1.54, 1.807) is 6.20 Å². The van der Waals surface area contributed by atoms with Crippen LogP contribution in [0.25, 0.3) is 0 Å². The van der Waals surface area contributed by atoms with Crippen molar-refractivity contribution >= 4 is 23.2 Å². The number of Topliss-reactive ketones (excluding diaryl/α,β-unsaturated/α-hetero) is 1. The fourth-order valence-corrected chi connectivity index (χ4v) is 4.69. The highest BCUT2D eigenvalue weighted by Crippen LogP contribution is 2.36. The van der Waals surface area contributed by atoms with E-state index < -0.39 is 0 Å². The zero-order valence-corrected chi connectivity index (χ0v) is 20.1. The van der Waals surface area contributed by atoms with Gasteiger partial charge < -0.3 is 14.5 Å². The highest BCUT2D eigenvalue weighted by molar-refractivity contribution is 5.99. The second kappa shape index (κ2) is 10.4. The molecule has 0 bridgehead atoms. The van der Waals surface area contributed by atoms with E-state index in [1.165, 1.54) is 19.3 Å². The normalized spacial score (nSPS) is 16.6. The Morgan fingerprint density at radius 1 is 1.03 bits per heavy atom. The zero-order chi connectivity index (χ0) is 23.4. The van der Waals surface area contributed by atoms with E-state index in [1.807, 2.05) is 36.9 Å². The van der Waals surface area contributed by atoms with Crippen LogP contribution < -0.4 is 9.64 Å². The Balaban J connectivity index is 1.59. The molecule has 6 nitrogen and oxygen atoms in total. The van der Waals surface area contributed by atoms with Gasteiger partial charge >= 0.3 is 0 Å². The number of carbonyl (C=O) groups excluding carboxylic acids is 2. The Kier molecular flexibility index (Phi) is 7.31. The molecule has 6 heteroatoms. The number of aryl methyl sites for hydroxylation is 1. The molecule has 0 N–H and O–H groups in total. The SMILES string of the molecule is CCc1cc(N2CCOc3cc(C(=O)N4CCCCCCC4)cnc32)ccc1C(=O)C(C)C. The number of ketones is 1. The average Bonchev–Trinajstić information content (AvgIpc) is 2.81. The third-order valence-corrected chi connectivity index (χ3v) is 6.62. The summed E-state index contributed by atoms with van der Waals surface area (Å²) < 4.78 is 5.92. The van der Waals surface area contributed by atoms with Gasteiger partial charge in [-0.2, -0.15) is 0 Å². The number of carbonyl (C=O) groups is 2. The van der Waals surface area contributed by atoms with Gasteiger partial charge in [0.25, 0.3) is 5.91 Å². The number of likely N-dealkylation sites (tertiary alicyclic amines) is 1. The quantitative estimate of drug-likeness (QED) is 0.571. The lowest BCUT2D eigenvalue weighted by Crippen LogP contribution is -2.34. The first kappa shape index (κ1) is 23.3. The van der Waals surface area contributed by atoms with Gasteiger partial charge in [-0.25, -0.2) is 4.98 Å². The molecular weight excluding hydrogens is 414 g/mol. The first-order valence-electron chi connectivity index (χ1n) is 12.4. The predicted octanol–water partition coefficient (Wildman–Crippen LogP) is 5.42. The number of aromatic nitrogens is 1. The molecular formula is C27H35N3O3. The number of fused-ring (bicyclic) bond motifs is 1. The lowest BCUT2D eigenvalue weighted by molar-refractivity contribution is 0.0741. The van der Waals surface area contributed by atoms with E-state index in [-0.39, 0.29) is 17.6 Å². The molecule has 2 aliphatic heterocycles. The highest BCUT2D eigenvalue weighted by atomic mass is 16.5. The molecule has 0 spiro atoms. The predicted molar refractivity (Wildman–Crippen MR) is 131 cm³/mol. The van der Waals surface area contributed by atoms with Gasteiger partial charge in [0.15, 0.2) is 17.4 Å². The molecule has 4 rings (SSSR count). The summed E-state index contributed by atoms with van der Waals surface area (Å²) in [5.41, 5.74) is 3.42. The fraction of sp³-hybridized carbons (Fsp3) is 0.519. The van der Waals surface area contributed by atoms with E-state index >= 15 is 0 Å². The van der Waals surface area contributed by atoms with Crippen molar-refractivity contribution in [2.45, 2.75) is 59.3 Å². The first-order valence-corrected chi connectivity index (χ1v) is 12.4. The maximum atomic E-state index is 13.1. The van der Waals surface area contributed by atoms with Crippen LogP contribution in [-0.2, 0) is 6.42 Å². The number of nitrogens with zero attached hydrogens (tertiary/aromatic N) is 3. The van der Waals surface area contributed by atoms with E-state index in [0.717, 1.165) is 55.0 Å². The first-order chi connectivity index (χ1) is 16.0. The topological polar surface area (TPSA) is 62.7 Å². The third kappa shape index (κ3) is 5.05. The second-order valence-electron chi connectivity index (χ2n) is 9.32. The largest absolute Gasteiger partial charge is 0.488 e. The van der Waals surface area contributed by atoms with Gasteiger partial charge in [0.1, 0.15) is 6.61 Å². The van der Waals surface area contributed by atoms with Crippen molar-refractivity contribution in [2.24, 2.45) is 5.92 Å². The minimum absolute atomic E-state index is 0.0311. The molecule has 0 atom stereocenters. The number of ether oxygens (including phenoxy) is 1. The molecule has 0 aliphatic carbocycles. The maximum absolute atomic E-state index is 13.1. The molecule has 3 heterocycles. The molecule has 0 radical (unpaired) electrons. The van der Waals surface area contributed by atoms with Crippen LogP contribution in [0.2, 0.25) is 0 Å². The van der Waals surface area contributed by atoms with Gasteiger partial charge in [-0.15, -0.1) is 0 Å². The van der Waals surface area contributed by atoms with Gasteiger partial charge in [0, 0.05) is 36.5 Å². The lowest BCUT2D eigenvalue weighted by Gasteiger charge is -2.31. The summed E-state index contributed by atoms with van der Waals surface area (Å²) in [6, 6.07) is 7.86. The molecule has 0 unspecified atom stereocenters. The van der Waals surface area contributed by atoms with E-state index in [9.17, 15) is 9.59 Å². The smallest absolute Gasteiger partial charge is 0.255 e. The fourth-order valence-electron chi connectivity index (χ4n) is 4.69. The van der Waals surface area contributed by atoms with Gasteiger partial charge in [0.05, 0.1) is 12.1 Å². The molecule has 2 aliphatic rings. The number of hydrogen-bond donors (Lipinski definition) is 0. The maximum Gasteiger partial charge on any atom is 0.255 e. The Morgan fingerprint density at radius 2 is 1.76 bits per heavy atom. The van der Waals surface area contributed by atoms with Crippen molar-refractivity contribution in [1.29, 1.82) is 0 Å². The molecule has 1 fully saturated rings. The van der Waals surface area contributed by atoms with Gasteiger partial charge in [-0.3, -0.25) is 9.59 Å². The molecule has 1 saturated heterocycles. The van der Waals surface area contributed by atoms with Crippen LogP contribution in [0.15, 0.2) is 30.5 Å². The third-order valence-electron chi connectivity index (χ3n) is 6.62. The van der Waals surface area contributed by atoms with Crippen molar-refractivity contribution in [3.63, 3.8) is 0 Å². The zero-order valence-electron chi connectivity index (χ0n) is 20.1. The van der Waals surface area contributed by atoms with Crippen LogP contribution in [0.5, 0.6) is 5.75 Å². The monoisotopic (exact) mass is 449 g/mol. The summed E-state index contributed by atoms with van der Waals surface area (Å²) in [6.45, 7) is 8.75. The lowest BCUT2D eigenvalue weighted by atomic mass is 9.94. The van der Waals surface area contributed by atoms with Crippen LogP contribution >= 0.6 is 0 Å². The van der Waals surface area contributed by atoms with Crippen LogP contribution in [-0.4, -0.2) is 47.8 Å². The minimum atomic E-state index is -0.0311.